The Kier molecular flexibility index (Phi) is 6.27. The van der Waals surface area contributed by atoms with Gasteiger partial charge in [0.25, 0.3) is 0 Å². The second-order valence-corrected chi connectivity index (χ2v) is 5.21. The van der Waals surface area contributed by atoms with Crippen LogP contribution < -0.4 is 14.9 Å². The van der Waals surface area contributed by atoms with Crippen molar-refractivity contribution in [3.05, 3.63) is 53.6 Å². The first-order valence-corrected chi connectivity index (χ1v) is 7.71. The van der Waals surface area contributed by atoms with Crippen molar-refractivity contribution in [2.45, 2.75) is 19.5 Å². The van der Waals surface area contributed by atoms with E-state index in [-0.39, 0.29) is 5.69 Å². The second kappa shape index (κ2) is 8.41. The maximum Gasteiger partial charge on any atom is 0.416 e. The highest BCUT2D eigenvalue weighted by Gasteiger charge is 2.30. The topological polar surface area (TPSA) is 42.8 Å². The third-order valence-electron chi connectivity index (χ3n) is 3.25. The molecule has 0 atom stereocenters. The van der Waals surface area contributed by atoms with Gasteiger partial charge in [0, 0.05) is 0 Å². The number of methoxy groups -OCH3 is 1. The number of anilines is 1. The Morgan fingerprint density at radius 3 is 2.60 bits per heavy atom. The summed E-state index contributed by atoms with van der Waals surface area (Å²) in [5.41, 5.74) is 2.83. The van der Waals surface area contributed by atoms with Crippen LogP contribution in [0.25, 0.3) is 0 Å². The average Bonchev–Trinajstić information content (AvgIpc) is 2.60. The fraction of sp³-hybridized carbons (Fsp3) is 0.278. The summed E-state index contributed by atoms with van der Waals surface area (Å²) >= 11 is 0. The van der Waals surface area contributed by atoms with Gasteiger partial charge < -0.3 is 9.47 Å². The number of rotatable bonds is 7. The van der Waals surface area contributed by atoms with Crippen LogP contribution in [0.4, 0.5) is 18.9 Å². The molecule has 0 fully saturated rings. The van der Waals surface area contributed by atoms with Crippen LogP contribution >= 0.6 is 0 Å². The van der Waals surface area contributed by atoms with E-state index in [2.05, 4.69) is 10.5 Å². The summed E-state index contributed by atoms with van der Waals surface area (Å²) in [6, 6.07) is 10.1. The molecule has 2 aromatic carbocycles. The van der Waals surface area contributed by atoms with Gasteiger partial charge in [-0.05, 0) is 48.4 Å². The molecule has 0 spiro atoms. The molecule has 0 amide bonds. The highest BCUT2D eigenvalue weighted by Crippen LogP contribution is 2.31. The van der Waals surface area contributed by atoms with Crippen molar-refractivity contribution in [1.29, 1.82) is 0 Å². The minimum Gasteiger partial charge on any atom is -0.493 e. The summed E-state index contributed by atoms with van der Waals surface area (Å²) in [5, 5.41) is 3.96. The average molecular weight is 352 g/mol. The summed E-state index contributed by atoms with van der Waals surface area (Å²) in [4.78, 5) is 0. The lowest BCUT2D eigenvalue weighted by Crippen LogP contribution is -2.05. The van der Waals surface area contributed by atoms with Gasteiger partial charge in [0.05, 0.1) is 31.2 Å². The molecule has 2 aromatic rings. The Morgan fingerprint density at radius 1 is 1.12 bits per heavy atom. The zero-order chi connectivity index (χ0) is 18.3. The number of hydrazone groups is 1. The Morgan fingerprint density at radius 2 is 1.92 bits per heavy atom. The molecule has 0 saturated carbocycles. The van der Waals surface area contributed by atoms with E-state index < -0.39 is 11.7 Å². The van der Waals surface area contributed by atoms with E-state index in [1.54, 1.807) is 18.2 Å². The summed E-state index contributed by atoms with van der Waals surface area (Å²) in [5.74, 6) is 1.20. The minimum atomic E-state index is -4.39. The molecule has 0 heterocycles. The second-order valence-electron chi connectivity index (χ2n) is 5.21. The predicted molar refractivity (Wildman–Crippen MR) is 91.4 cm³/mol. The van der Waals surface area contributed by atoms with Gasteiger partial charge >= 0.3 is 6.18 Å². The van der Waals surface area contributed by atoms with E-state index >= 15 is 0 Å². The van der Waals surface area contributed by atoms with Crippen molar-refractivity contribution in [3.63, 3.8) is 0 Å². The van der Waals surface area contributed by atoms with Crippen molar-refractivity contribution in [1.82, 2.24) is 0 Å². The standard InChI is InChI=1S/C18H19F3N2O2/c1-3-9-25-16-8-7-13(10-17(16)24-2)12-22-23-15-6-4-5-14(11-15)18(19,20)21/h4-8,10-12,23H,3,9H2,1-2H3. The first-order valence-electron chi connectivity index (χ1n) is 7.71. The van der Waals surface area contributed by atoms with Crippen LogP contribution in [0.2, 0.25) is 0 Å². The number of ether oxygens (including phenoxy) is 2. The minimum absolute atomic E-state index is 0.251. The highest BCUT2D eigenvalue weighted by atomic mass is 19.4. The quantitative estimate of drug-likeness (QED) is 0.566. The zero-order valence-corrected chi connectivity index (χ0v) is 13.9. The number of benzene rings is 2. The molecule has 0 saturated heterocycles. The lowest BCUT2D eigenvalue weighted by Gasteiger charge is -2.10. The Bertz CT molecular complexity index is 731. The SMILES string of the molecule is CCCOc1ccc(C=NNc2cccc(C(F)(F)F)c2)cc1OC. The molecule has 0 bridgehead atoms. The van der Waals surface area contributed by atoms with Gasteiger partial charge in [0.2, 0.25) is 0 Å². The molecule has 134 valence electrons. The number of alkyl halides is 3. The van der Waals surface area contributed by atoms with Crippen LogP contribution in [0.3, 0.4) is 0 Å². The summed E-state index contributed by atoms with van der Waals surface area (Å²) in [6.45, 7) is 2.59. The Labute approximate surface area is 144 Å². The Balaban J connectivity index is 2.07. The third-order valence-corrected chi connectivity index (χ3v) is 3.25. The largest absolute Gasteiger partial charge is 0.493 e. The van der Waals surface area contributed by atoms with Gasteiger partial charge in [0.15, 0.2) is 11.5 Å². The van der Waals surface area contributed by atoms with Crippen molar-refractivity contribution in [2.75, 3.05) is 19.1 Å². The summed E-state index contributed by atoms with van der Waals surface area (Å²) in [7, 11) is 1.54. The van der Waals surface area contributed by atoms with Crippen LogP contribution in [0.5, 0.6) is 11.5 Å². The van der Waals surface area contributed by atoms with Crippen molar-refractivity contribution in [3.8, 4) is 11.5 Å². The van der Waals surface area contributed by atoms with Crippen molar-refractivity contribution < 1.29 is 22.6 Å². The molecule has 1 N–H and O–H groups in total. The molecular weight excluding hydrogens is 333 g/mol. The summed E-state index contributed by atoms with van der Waals surface area (Å²) < 4.78 is 48.8. The van der Waals surface area contributed by atoms with Gasteiger partial charge in [0.1, 0.15) is 0 Å². The number of hydrogen-bond acceptors (Lipinski definition) is 4. The van der Waals surface area contributed by atoms with E-state index in [4.69, 9.17) is 9.47 Å². The van der Waals surface area contributed by atoms with E-state index in [0.717, 1.165) is 24.1 Å². The first kappa shape index (κ1) is 18.6. The molecule has 25 heavy (non-hydrogen) atoms. The number of halogens is 3. The molecular formula is C18H19F3N2O2. The number of nitrogens with zero attached hydrogens (tertiary/aromatic N) is 1. The molecule has 2 rings (SSSR count). The van der Waals surface area contributed by atoms with Crippen LogP contribution in [0, 0.1) is 0 Å². The molecule has 7 heteroatoms. The number of hydrogen-bond donors (Lipinski definition) is 1. The molecule has 0 aliphatic carbocycles. The zero-order valence-electron chi connectivity index (χ0n) is 13.9. The van der Waals surface area contributed by atoms with Gasteiger partial charge in [-0.3, -0.25) is 5.43 Å². The van der Waals surface area contributed by atoms with E-state index in [1.807, 2.05) is 6.92 Å². The van der Waals surface area contributed by atoms with Gasteiger partial charge in [-0.15, -0.1) is 0 Å². The highest BCUT2D eigenvalue weighted by molar-refractivity contribution is 5.81. The van der Waals surface area contributed by atoms with E-state index in [0.29, 0.717) is 18.1 Å². The third kappa shape index (κ3) is 5.41. The maximum absolute atomic E-state index is 12.7. The fourth-order valence-corrected chi connectivity index (χ4v) is 2.04. The van der Waals surface area contributed by atoms with Crippen LogP contribution in [-0.2, 0) is 6.18 Å². The molecule has 0 aliphatic heterocycles. The van der Waals surface area contributed by atoms with E-state index in [1.165, 1.54) is 25.5 Å². The molecule has 0 unspecified atom stereocenters. The normalized spacial score (nSPS) is 11.6. The van der Waals surface area contributed by atoms with Crippen molar-refractivity contribution in [2.24, 2.45) is 5.10 Å². The maximum atomic E-state index is 12.7. The first-order chi connectivity index (χ1) is 11.9. The monoisotopic (exact) mass is 352 g/mol. The smallest absolute Gasteiger partial charge is 0.416 e. The van der Waals surface area contributed by atoms with Crippen molar-refractivity contribution >= 4 is 11.9 Å². The van der Waals surface area contributed by atoms with Crippen LogP contribution in [0.1, 0.15) is 24.5 Å². The van der Waals surface area contributed by atoms with Crippen LogP contribution in [0.15, 0.2) is 47.6 Å². The predicted octanol–water partition coefficient (Wildman–Crippen LogP) is 4.95. The molecule has 4 nitrogen and oxygen atoms in total. The molecule has 0 aromatic heterocycles. The molecule has 0 radical (unpaired) electrons. The number of nitrogens with one attached hydrogen (secondary N) is 1. The fourth-order valence-electron chi connectivity index (χ4n) is 2.04. The van der Waals surface area contributed by atoms with Gasteiger partial charge in [-0.25, -0.2) is 0 Å². The van der Waals surface area contributed by atoms with E-state index in [9.17, 15) is 13.2 Å². The van der Waals surface area contributed by atoms with Gasteiger partial charge in [-0.2, -0.15) is 18.3 Å². The lowest BCUT2D eigenvalue weighted by molar-refractivity contribution is -0.137. The van der Waals surface area contributed by atoms with Gasteiger partial charge in [-0.1, -0.05) is 13.0 Å². The molecule has 0 aliphatic rings. The Hall–Kier alpha value is -2.70. The summed E-state index contributed by atoms with van der Waals surface area (Å²) in [6.07, 6.45) is -2.01. The lowest BCUT2D eigenvalue weighted by atomic mass is 10.2. The van der Waals surface area contributed by atoms with Crippen LogP contribution in [-0.4, -0.2) is 19.9 Å².